The van der Waals surface area contributed by atoms with Gasteiger partial charge in [0.1, 0.15) is 5.82 Å². The van der Waals surface area contributed by atoms with Crippen LogP contribution >= 0.6 is 28.8 Å². The molecule has 28 heavy (non-hydrogen) atoms. The van der Waals surface area contributed by atoms with Crippen molar-refractivity contribution < 1.29 is 19.0 Å². The van der Waals surface area contributed by atoms with Crippen molar-refractivity contribution in [2.75, 3.05) is 30.5 Å². The molecule has 9 nitrogen and oxygen atoms in total. The molecule has 154 valence electrons. The zero-order valence-corrected chi connectivity index (χ0v) is 18.0. The third-order valence-electron chi connectivity index (χ3n) is 5.04. The lowest BCUT2D eigenvalue weighted by atomic mass is 10.1. The Morgan fingerprint density at radius 1 is 1.29 bits per heavy atom. The first-order valence-electron chi connectivity index (χ1n) is 9.43. The molecule has 4 heterocycles. The summed E-state index contributed by atoms with van der Waals surface area (Å²) in [6.07, 6.45) is 6.52. The van der Waals surface area contributed by atoms with Gasteiger partial charge in [0.15, 0.2) is 20.3 Å². The van der Waals surface area contributed by atoms with E-state index >= 15 is 0 Å². The van der Waals surface area contributed by atoms with E-state index in [0.717, 1.165) is 50.0 Å². The monoisotopic (exact) mass is 447 g/mol. The summed E-state index contributed by atoms with van der Waals surface area (Å²) < 4.78 is 13.2. The van der Waals surface area contributed by atoms with Crippen LogP contribution in [0.3, 0.4) is 0 Å². The number of piperidine rings is 1. The Morgan fingerprint density at radius 3 is 2.89 bits per heavy atom. The van der Waals surface area contributed by atoms with Crippen molar-refractivity contribution in [3.8, 4) is 0 Å². The van der Waals surface area contributed by atoms with Crippen molar-refractivity contribution in [1.29, 1.82) is 0 Å². The van der Waals surface area contributed by atoms with E-state index in [9.17, 15) is 4.89 Å². The Morgan fingerprint density at radius 2 is 2.11 bits per heavy atom. The third kappa shape index (κ3) is 4.57. The van der Waals surface area contributed by atoms with Crippen molar-refractivity contribution in [2.24, 2.45) is 0 Å². The molecular formula is C16H24ClN5O4P2. The second-order valence-corrected chi connectivity index (χ2v) is 9.83. The van der Waals surface area contributed by atoms with Crippen LogP contribution in [0.15, 0.2) is 6.20 Å². The number of hydrogen-bond acceptors (Lipinski definition) is 8. The zero-order valence-electron chi connectivity index (χ0n) is 15.4. The molecule has 2 fully saturated rings. The predicted molar refractivity (Wildman–Crippen MR) is 110 cm³/mol. The fourth-order valence-corrected chi connectivity index (χ4v) is 5.05. The van der Waals surface area contributed by atoms with Gasteiger partial charge in [-0.3, -0.25) is 0 Å². The molecule has 2 aromatic rings. The van der Waals surface area contributed by atoms with Gasteiger partial charge >= 0.3 is 0 Å². The minimum Gasteiger partial charge on any atom is -0.377 e. The first kappa shape index (κ1) is 20.6. The smallest absolute Gasteiger partial charge is 0.226 e. The van der Waals surface area contributed by atoms with Gasteiger partial charge in [0, 0.05) is 21.9 Å². The number of aromatic nitrogens is 4. The molecule has 0 spiro atoms. The van der Waals surface area contributed by atoms with E-state index < -0.39 is 8.38 Å². The van der Waals surface area contributed by atoms with Crippen LogP contribution in [0.1, 0.15) is 38.3 Å². The van der Waals surface area contributed by atoms with Gasteiger partial charge in [-0.2, -0.15) is 15.1 Å². The molecule has 0 amide bonds. The summed E-state index contributed by atoms with van der Waals surface area (Å²) in [6, 6.07) is 0. The topological polar surface area (TPSA) is 106 Å². The fraction of sp³-hybridized carbons (Fsp3) is 0.688. The van der Waals surface area contributed by atoms with Gasteiger partial charge in [-0.25, -0.2) is 4.68 Å². The summed E-state index contributed by atoms with van der Waals surface area (Å²) in [6.45, 7) is 2.23. The van der Waals surface area contributed by atoms with E-state index in [1.807, 2.05) is 0 Å². The summed E-state index contributed by atoms with van der Waals surface area (Å²) in [5, 5.41) is 5.62. The number of ether oxygens (including phenoxy) is 1. The number of hydrogen-bond donors (Lipinski definition) is 2. The highest BCUT2D eigenvalue weighted by molar-refractivity contribution is 7.58. The molecule has 0 aliphatic carbocycles. The third-order valence-corrected chi connectivity index (χ3v) is 7.30. The van der Waals surface area contributed by atoms with Gasteiger partial charge in [0.2, 0.25) is 5.28 Å². The largest absolute Gasteiger partial charge is 0.377 e. The Kier molecular flexibility index (Phi) is 6.94. The molecule has 4 atom stereocenters. The van der Waals surface area contributed by atoms with Gasteiger partial charge in [-0.05, 0) is 43.7 Å². The summed E-state index contributed by atoms with van der Waals surface area (Å²) in [5.41, 5.74) is 0.679. The van der Waals surface area contributed by atoms with Gasteiger partial charge in [0.05, 0.1) is 30.2 Å². The lowest BCUT2D eigenvalue weighted by Crippen LogP contribution is -2.30. The van der Waals surface area contributed by atoms with Crippen molar-refractivity contribution in [3.05, 3.63) is 11.5 Å². The zero-order chi connectivity index (χ0) is 19.5. The number of fused-ring (bicyclic) bond motifs is 1. The molecule has 2 aromatic heterocycles. The van der Waals surface area contributed by atoms with Gasteiger partial charge < -0.3 is 23.9 Å². The number of nitrogens with zero attached hydrogens (tertiary/aromatic N) is 5. The molecule has 12 heteroatoms. The van der Waals surface area contributed by atoms with Crippen molar-refractivity contribution in [3.63, 3.8) is 0 Å². The van der Waals surface area contributed by atoms with E-state index in [1.165, 1.54) is 6.42 Å². The quantitative estimate of drug-likeness (QED) is 0.493. The van der Waals surface area contributed by atoms with Crippen LogP contribution in [0.5, 0.6) is 0 Å². The minimum atomic E-state index is -1.58. The van der Waals surface area contributed by atoms with E-state index in [4.69, 9.17) is 25.8 Å². The molecule has 2 saturated heterocycles. The van der Waals surface area contributed by atoms with Gasteiger partial charge in [-0.15, -0.1) is 0 Å². The second-order valence-electron chi connectivity index (χ2n) is 6.94. The highest BCUT2D eigenvalue weighted by Crippen LogP contribution is 2.39. The summed E-state index contributed by atoms with van der Waals surface area (Å²) in [4.78, 5) is 29.7. The van der Waals surface area contributed by atoms with Crippen LogP contribution in [-0.4, -0.2) is 61.2 Å². The summed E-state index contributed by atoms with van der Waals surface area (Å²) in [5.74, 6) is 1.12. The maximum atomic E-state index is 9.67. The molecule has 2 N–H and O–H groups in total. The van der Waals surface area contributed by atoms with Crippen LogP contribution in [0, 0.1) is 0 Å². The molecule has 0 saturated carbocycles. The number of rotatable bonds is 7. The van der Waals surface area contributed by atoms with Crippen molar-refractivity contribution in [2.45, 2.75) is 44.4 Å². The van der Waals surface area contributed by atoms with Gasteiger partial charge in [-0.1, -0.05) is 0 Å². The molecule has 0 bridgehead atoms. The Bertz CT molecular complexity index is 807. The van der Waals surface area contributed by atoms with Crippen LogP contribution in [0.4, 0.5) is 5.82 Å². The lowest BCUT2D eigenvalue weighted by molar-refractivity contribution is -0.0213. The lowest BCUT2D eigenvalue weighted by Gasteiger charge is -2.28. The first-order valence-corrected chi connectivity index (χ1v) is 12.4. The van der Waals surface area contributed by atoms with Crippen LogP contribution in [0.25, 0.3) is 11.0 Å². The highest BCUT2D eigenvalue weighted by atomic mass is 35.5. The van der Waals surface area contributed by atoms with Crippen molar-refractivity contribution in [1.82, 2.24) is 19.7 Å². The molecule has 2 aliphatic heterocycles. The van der Waals surface area contributed by atoms with E-state index in [0.29, 0.717) is 12.3 Å². The maximum Gasteiger partial charge on any atom is 0.226 e. The van der Waals surface area contributed by atoms with Crippen LogP contribution < -0.4 is 4.90 Å². The number of anilines is 1. The standard InChI is InChI=1S/C16H24ClN5O4P2/c17-16-19-14(21-6-2-1-3-7-21)12-8-18-22(15(12)20-16)13-5-4-11(26-13)9-25-28(24)10-27-23/h8,11,13,23-24,27H,1-7,9-10H2. The molecule has 4 unspecified atom stereocenters. The Hall–Kier alpha value is -0.660. The fourth-order valence-electron chi connectivity index (χ4n) is 3.71. The van der Waals surface area contributed by atoms with Crippen LogP contribution in [0.2, 0.25) is 5.28 Å². The average Bonchev–Trinajstić information content (AvgIpc) is 3.33. The van der Waals surface area contributed by atoms with Crippen molar-refractivity contribution >= 4 is 45.6 Å². The summed E-state index contributed by atoms with van der Waals surface area (Å²) >= 11 is 6.23. The first-order chi connectivity index (χ1) is 13.7. The average molecular weight is 448 g/mol. The minimum absolute atomic E-state index is 0.123. The van der Waals surface area contributed by atoms with Gasteiger partial charge in [0.25, 0.3) is 0 Å². The summed E-state index contributed by atoms with van der Waals surface area (Å²) in [7, 11) is -1.89. The Labute approximate surface area is 171 Å². The van der Waals surface area contributed by atoms with E-state index in [-0.39, 0.29) is 32.3 Å². The van der Waals surface area contributed by atoms with Crippen LogP contribution in [-0.2, 0) is 9.26 Å². The molecule has 4 rings (SSSR count). The normalized spacial score (nSPS) is 24.6. The maximum absolute atomic E-state index is 9.67. The Balaban J connectivity index is 1.50. The molecule has 0 aromatic carbocycles. The second kappa shape index (κ2) is 9.43. The molecule has 0 radical (unpaired) electrons. The molecule has 2 aliphatic rings. The highest BCUT2D eigenvalue weighted by Gasteiger charge is 2.30. The van der Waals surface area contributed by atoms with E-state index in [1.54, 1.807) is 10.9 Å². The van der Waals surface area contributed by atoms with E-state index in [2.05, 4.69) is 20.0 Å². The molecular weight excluding hydrogens is 424 g/mol. The number of halogens is 1. The SMILES string of the molecule is OPCP(O)OCC1CCC(n2ncc3c(N4CCCCC4)nc(Cl)nc32)O1. The predicted octanol–water partition coefficient (Wildman–Crippen LogP) is 3.01.